The molecule has 0 saturated carbocycles. The summed E-state index contributed by atoms with van der Waals surface area (Å²) in [5, 5.41) is 7.94. The Balaban J connectivity index is 1.01. The van der Waals surface area contributed by atoms with E-state index >= 15 is 0 Å². The van der Waals surface area contributed by atoms with Crippen molar-refractivity contribution in [3.63, 3.8) is 0 Å². The molecule has 0 bridgehead atoms. The molecule has 6 rings (SSSR count). The van der Waals surface area contributed by atoms with Crippen LogP contribution in [0, 0.1) is 27.7 Å². The van der Waals surface area contributed by atoms with Crippen molar-refractivity contribution < 1.29 is 9.59 Å². The molecule has 48 heavy (non-hydrogen) atoms. The Hall–Kier alpha value is -5.36. The molecule has 2 N–H and O–H groups in total. The van der Waals surface area contributed by atoms with E-state index in [1.54, 1.807) is 0 Å². The van der Waals surface area contributed by atoms with Crippen molar-refractivity contribution in [1.82, 2.24) is 20.6 Å². The number of aryl methyl sites for hydroxylation is 4. The van der Waals surface area contributed by atoms with Crippen molar-refractivity contribution in [2.24, 2.45) is 0 Å². The number of carbonyl (C=O) groups is 2. The normalized spacial score (nSPS) is 11.2. The van der Waals surface area contributed by atoms with E-state index in [9.17, 15) is 9.59 Å². The number of amides is 2. The van der Waals surface area contributed by atoms with Crippen LogP contribution < -0.4 is 10.6 Å². The molecule has 0 radical (unpaired) electrons. The second-order valence-corrected chi connectivity index (χ2v) is 12.7. The lowest BCUT2D eigenvalue weighted by molar-refractivity contribution is 0.0945. The predicted molar refractivity (Wildman–Crippen MR) is 196 cm³/mol. The van der Waals surface area contributed by atoms with Crippen molar-refractivity contribution in [1.29, 1.82) is 0 Å². The Morgan fingerprint density at radius 2 is 0.917 bits per heavy atom. The van der Waals surface area contributed by atoms with Crippen molar-refractivity contribution in [3.8, 4) is 22.5 Å². The van der Waals surface area contributed by atoms with E-state index in [0.717, 1.165) is 70.0 Å². The number of nitrogens with zero attached hydrogens (tertiary/aromatic N) is 2. The SMILES string of the molecule is Cc1ccc(-c2cc(C(=O)NCCCCCCNC(=O)c3cc(-c4ccc(C)c(C)c4)nc4ccccc34)c3ccccc3n2)cc1C. The highest BCUT2D eigenvalue weighted by Crippen LogP contribution is 2.28. The number of nitrogens with one attached hydrogen (secondary N) is 2. The summed E-state index contributed by atoms with van der Waals surface area (Å²) >= 11 is 0. The van der Waals surface area contributed by atoms with Gasteiger partial charge in [0, 0.05) is 35.0 Å². The van der Waals surface area contributed by atoms with Crippen molar-refractivity contribution in [2.75, 3.05) is 13.1 Å². The Labute approximate surface area is 282 Å². The molecule has 0 saturated heterocycles. The lowest BCUT2D eigenvalue weighted by Gasteiger charge is -2.12. The van der Waals surface area contributed by atoms with Crippen LogP contribution >= 0.6 is 0 Å². The average molecular weight is 635 g/mol. The molecule has 0 aliphatic carbocycles. The van der Waals surface area contributed by atoms with Crippen LogP contribution in [0.3, 0.4) is 0 Å². The second-order valence-electron chi connectivity index (χ2n) is 12.7. The summed E-state index contributed by atoms with van der Waals surface area (Å²) in [5.41, 5.74) is 11.3. The minimum atomic E-state index is -0.0873. The number of unbranched alkanes of at least 4 members (excludes halogenated alkanes) is 3. The van der Waals surface area contributed by atoms with E-state index < -0.39 is 0 Å². The van der Waals surface area contributed by atoms with Gasteiger partial charge in [0.1, 0.15) is 0 Å². The molecule has 242 valence electrons. The summed E-state index contributed by atoms with van der Waals surface area (Å²) in [6.07, 6.45) is 3.63. The standard InChI is InChI=1S/C42H42N4O2/c1-27-17-19-31(23-29(27)3)39-25-35(33-13-7-9-15-37(33)45-39)41(47)43-21-11-5-6-12-22-44-42(48)36-26-40(32-20-18-28(2)30(4)24-32)46-38-16-10-8-14-34(36)38/h7-10,13-20,23-26H,5-6,11-12,21-22H2,1-4H3,(H,43,47)(H,44,48). The molecule has 0 fully saturated rings. The number of rotatable bonds is 11. The summed E-state index contributed by atoms with van der Waals surface area (Å²) in [7, 11) is 0. The average Bonchev–Trinajstić information content (AvgIpc) is 3.10. The molecule has 0 atom stereocenters. The highest BCUT2D eigenvalue weighted by molar-refractivity contribution is 6.08. The zero-order valence-corrected chi connectivity index (χ0v) is 28.2. The molecular formula is C42H42N4O2. The van der Waals surface area contributed by atoms with Crippen LogP contribution in [-0.2, 0) is 0 Å². The van der Waals surface area contributed by atoms with E-state index in [-0.39, 0.29) is 11.8 Å². The van der Waals surface area contributed by atoms with E-state index in [4.69, 9.17) is 9.97 Å². The maximum atomic E-state index is 13.4. The predicted octanol–water partition coefficient (Wildman–Crippen LogP) is 9.07. The molecule has 6 aromatic rings. The third-order valence-electron chi connectivity index (χ3n) is 9.20. The van der Waals surface area contributed by atoms with E-state index in [1.807, 2.05) is 60.7 Å². The molecule has 2 aromatic heterocycles. The monoisotopic (exact) mass is 634 g/mol. The fraction of sp³-hybridized carbons (Fsp3) is 0.238. The number of pyridine rings is 2. The van der Waals surface area contributed by atoms with Crippen LogP contribution in [0.4, 0.5) is 0 Å². The topological polar surface area (TPSA) is 84.0 Å². The van der Waals surface area contributed by atoms with Gasteiger partial charge in [0.25, 0.3) is 11.8 Å². The zero-order valence-electron chi connectivity index (χ0n) is 28.2. The minimum absolute atomic E-state index is 0.0873. The maximum Gasteiger partial charge on any atom is 0.252 e. The van der Waals surface area contributed by atoms with Gasteiger partial charge in [-0.2, -0.15) is 0 Å². The number of benzene rings is 4. The van der Waals surface area contributed by atoms with Gasteiger partial charge >= 0.3 is 0 Å². The second kappa shape index (κ2) is 14.6. The van der Waals surface area contributed by atoms with Gasteiger partial charge in [0.2, 0.25) is 0 Å². The number of para-hydroxylation sites is 2. The Kier molecular flexibility index (Phi) is 9.91. The van der Waals surface area contributed by atoms with Crippen LogP contribution in [0.15, 0.2) is 97.1 Å². The van der Waals surface area contributed by atoms with Crippen LogP contribution in [0.25, 0.3) is 44.3 Å². The number of fused-ring (bicyclic) bond motifs is 2. The first-order valence-electron chi connectivity index (χ1n) is 16.8. The van der Waals surface area contributed by atoms with Crippen molar-refractivity contribution in [2.45, 2.75) is 53.4 Å². The Morgan fingerprint density at radius 3 is 1.33 bits per heavy atom. The molecule has 6 nitrogen and oxygen atoms in total. The minimum Gasteiger partial charge on any atom is -0.352 e. The van der Waals surface area contributed by atoms with Crippen LogP contribution in [0.2, 0.25) is 0 Å². The summed E-state index contributed by atoms with van der Waals surface area (Å²) < 4.78 is 0. The zero-order chi connectivity index (χ0) is 33.6. The highest BCUT2D eigenvalue weighted by Gasteiger charge is 2.16. The van der Waals surface area contributed by atoms with Crippen molar-refractivity contribution in [3.05, 3.63) is 130 Å². The number of aromatic nitrogens is 2. The first-order valence-corrected chi connectivity index (χ1v) is 16.8. The van der Waals surface area contributed by atoms with Gasteiger partial charge in [-0.15, -0.1) is 0 Å². The Morgan fingerprint density at radius 1 is 0.500 bits per heavy atom. The summed E-state index contributed by atoms with van der Waals surface area (Å²) in [5.74, 6) is -0.175. The number of hydrogen-bond donors (Lipinski definition) is 2. The van der Waals surface area contributed by atoms with Gasteiger partial charge in [0.05, 0.1) is 33.5 Å². The van der Waals surface area contributed by atoms with Gasteiger partial charge < -0.3 is 10.6 Å². The largest absolute Gasteiger partial charge is 0.352 e. The van der Waals surface area contributed by atoms with Crippen molar-refractivity contribution >= 4 is 33.6 Å². The molecule has 0 aliphatic heterocycles. The fourth-order valence-electron chi connectivity index (χ4n) is 6.02. The first-order chi connectivity index (χ1) is 23.3. The van der Waals surface area contributed by atoms with Gasteiger partial charge in [-0.1, -0.05) is 73.5 Å². The maximum absolute atomic E-state index is 13.4. The van der Waals surface area contributed by atoms with Gasteiger partial charge in [-0.3, -0.25) is 9.59 Å². The molecule has 0 spiro atoms. The third-order valence-corrected chi connectivity index (χ3v) is 9.20. The molecule has 2 heterocycles. The number of hydrogen-bond acceptors (Lipinski definition) is 4. The highest BCUT2D eigenvalue weighted by atomic mass is 16.2. The lowest BCUT2D eigenvalue weighted by atomic mass is 10.0. The Bertz CT molecular complexity index is 1980. The van der Waals surface area contributed by atoms with Gasteiger partial charge in [0.15, 0.2) is 0 Å². The van der Waals surface area contributed by atoms with E-state index in [2.05, 4.69) is 74.7 Å². The third kappa shape index (κ3) is 7.28. The smallest absolute Gasteiger partial charge is 0.252 e. The van der Waals surface area contributed by atoms with E-state index in [0.29, 0.717) is 24.2 Å². The fourth-order valence-corrected chi connectivity index (χ4v) is 6.02. The molecule has 0 aliphatic rings. The lowest BCUT2D eigenvalue weighted by Crippen LogP contribution is -2.25. The molecule has 2 amide bonds. The quantitative estimate of drug-likeness (QED) is 0.139. The van der Waals surface area contributed by atoms with Gasteiger partial charge in [-0.25, -0.2) is 9.97 Å². The van der Waals surface area contributed by atoms with Crippen LogP contribution in [-0.4, -0.2) is 34.9 Å². The summed E-state index contributed by atoms with van der Waals surface area (Å²) in [4.78, 5) is 36.4. The molecule has 4 aromatic carbocycles. The van der Waals surface area contributed by atoms with E-state index in [1.165, 1.54) is 22.3 Å². The first kappa shape index (κ1) is 32.6. The summed E-state index contributed by atoms with van der Waals surface area (Å²) in [6, 6.07) is 32.0. The molecule has 6 heteroatoms. The van der Waals surface area contributed by atoms with Gasteiger partial charge in [-0.05, 0) is 99.2 Å². The van der Waals surface area contributed by atoms with Crippen LogP contribution in [0.1, 0.15) is 68.7 Å². The van der Waals surface area contributed by atoms with Crippen LogP contribution in [0.5, 0.6) is 0 Å². The number of carbonyl (C=O) groups excluding carboxylic acids is 2. The molecular weight excluding hydrogens is 592 g/mol. The summed E-state index contributed by atoms with van der Waals surface area (Å²) in [6.45, 7) is 9.54. The molecule has 0 unspecified atom stereocenters.